The number of carbonyl (C=O) groups excluding carboxylic acids is 2. The molecule has 0 unspecified atom stereocenters. The van der Waals surface area contributed by atoms with Gasteiger partial charge in [-0.05, 0) is 25.0 Å². The second-order valence-electron chi connectivity index (χ2n) is 5.96. The van der Waals surface area contributed by atoms with Crippen molar-refractivity contribution in [3.05, 3.63) is 35.4 Å². The number of amides is 2. The summed E-state index contributed by atoms with van der Waals surface area (Å²) in [7, 11) is 0. The summed E-state index contributed by atoms with van der Waals surface area (Å²) in [6.07, 6.45) is 5.06. The van der Waals surface area contributed by atoms with Crippen LogP contribution >= 0.6 is 0 Å². The first-order chi connectivity index (χ1) is 9.67. The zero-order valence-corrected chi connectivity index (χ0v) is 11.5. The third-order valence-corrected chi connectivity index (χ3v) is 4.62. The molecule has 1 aromatic carbocycles. The number of carbonyl (C=O) groups is 2. The fourth-order valence-corrected chi connectivity index (χ4v) is 3.39. The molecule has 1 aliphatic carbocycles. The quantitative estimate of drug-likeness (QED) is 0.859. The molecule has 1 fully saturated rings. The molecule has 0 bridgehead atoms. The van der Waals surface area contributed by atoms with Gasteiger partial charge in [0.25, 0.3) is 11.8 Å². The van der Waals surface area contributed by atoms with Crippen LogP contribution in [0.25, 0.3) is 0 Å². The molecular formula is C16H19NO3. The number of aliphatic hydroxyl groups excluding tert-OH is 1. The maximum atomic E-state index is 12.4. The number of imide groups is 1. The summed E-state index contributed by atoms with van der Waals surface area (Å²) in [6.45, 7) is 0.385. The summed E-state index contributed by atoms with van der Waals surface area (Å²) in [5.41, 5.74) is 0.675. The third-order valence-electron chi connectivity index (χ3n) is 4.62. The van der Waals surface area contributed by atoms with Crippen LogP contribution in [0.3, 0.4) is 0 Å². The average molecular weight is 273 g/mol. The predicted molar refractivity (Wildman–Crippen MR) is 74.4 cm³/mol. The second-order valence-corrected chi connectivity index (χ2v) is 5.96. The second kappa shape index (κ2) is 5.02. The molecule has 0 spiro atoms. The molecule has 20 heavy (non-hydrogen) atoms. The van der Waals surface area contributed by atoms with Crippen LogP contribution in [-0.4, -0.2) is 35.0 Å². The Balaban J connectivity index is 1.85. The van der Waals surface area contributed by atoms with E-state index in [0.717, 1.165) is 25.7 Å². The van der Waals surface area contributed by atoms with Gasteiger partial charge < -0.3 is 5.11 Å². The number of hydrogen-bond acceptors (Lipinski definition) is 3. The Bertz CT molecular complexity index is 511. The van der Waals surface area contributed by atoms with Crippen molar-refractivity contribution in [3.8, 4) is 0 Å². The lowest BCUT2D eigenvalue weighted by molar-refractivity contribution is 0.0331. The van der Waals surface area contributed by atoms with Crippen LogP contribution in [0.2, 0.25) is 0 Å². The minimum absolute atomic E-state index is 0.0421. The topological polar surface area (TPSA) is 57.6 Å². The van der Waals surface area contributed by atoms with Crippen LogP contribution < -0.4 is 0 Å². The van der Waals surface area contributed by atoms with E-state index in [0.29, 0.717) is 17.7 Å². The van der Waals surface area contributed by atoms with E-state index in [9.17, 15) is 14.7 Å². The Hall–Kier alpha value is -1.68. The number of aliphatic hydroxyl groups is 1. The summed E-state index contributed by atoms with van der Waals surface area (Å²) in [5, 5.41) is 9.74. The van der Waals surface area contributed by atoms with Gasteiger partial charge >= 0.3 is 0 Å². The van der Waals surface area contributed by atoms with E-state index in [2.05, 4.69) is 0 Å². The predicted octanol–water partition coefficient (Wildman–Crippen LogP) is 2.23. The van der Waals surface area contributed by atoms with Crippen molar-refractivity contribution in [2.75, 3.05) is 13.2 Å². The van der Waals surface area contributed by atoms with Gasteiger partial charge in [0.1, 0.15) is 0 Å². The Morgan fingerprint density at radius 3 is 2.05 bits per heavy atom. The van der Waals surface area contributed by atoms with E-state index in [1.807, 2.05) is 0 Å². The van der Waals surface area contributed by atoms with Crippen molar-refractivity contribution >= 4 is 11.8 Å². The van der Waals surface area contributed by atoms with Crippen LogP contribution in [0.15, 0.2) is 24.3 Å². The molecule has 1 aromatic rings. The molecular weight excluding hydrogens is 254 g/mol. The van der Waals surface area contributed by atoms with Crippen molar-refractivity contribution in [2.24, 2.45) is 5.41 Å². The van der Waals surface area contributed by atoms with Gasteiger partial charge in [0, 0.05) is 12.0 Å². The standard InChI is InChI=1S/C16H19NO3/c18-11-16(8-4-1-5-9-16)10-17-14(19)12-6-2-3-7-13(12)15(17)20/h2-3,6-7,18H,1,4-5,8-11H2. The lowest BCUT2D eigenvalue weighted by Gasteiger charge is -2.37. The maximum absolute atomic E-state index is 12.4. The smallest absolute Gasteiger partial charge is 0.261 e. The summed E-state index contributed by atoms with van der Waals surface area (Å²) >= 11 is 0. The van der Waals surface area contributed by atoms with Gasteiger partial charge in [-0.25, -0.2) is 0 Å². The van der Waals surface area contributed by atoms with Gasteiger partial charge in [0.2, 0.25) is 0 Å². The number of benzene rings is 1. The first-order valence-corrected chi connectivity index (χ1v) is 7.23. The summed E-state index contributed by atoms with van der Waals surface area (Å²) < 4.78 is 0. The highest BCUT2D eigenvalue weighted by molar-refractivity contribution is 6.21. The van der Waals surface area contributed by atoms with E-state index >= 15 is 0 Å². The highest BCUT2D eigenvalue weighted by Gasteiger charge is 2.41. The molecule has 2 aliphatic rings. The molecule has 0 atom stereocenters. The third kappa shape index (κ3) is 2.04. The number of hydrogen-bond donors (Lipinski definition) is 1. The largest absolute Gasteiger partial charge is 0.396 e. The summed E-state index contributed by atoms with van der Waals surface area (Å²) in [5.74, 6) is -0.437. The van der Waals surface area contributed by atoms with Crippen molar-refractivity contribution in [2.45, 2.75) is 32.1 Å². The Morgan fingerprint density at radius 2 is 1.55 bits per heavy atom. The molecule has 0 radical (unpaired) electrons. The fraction of sp³-hybridized carbons (Fsp3) is 0.500. The van der Waals surface area contributed by atoms with E-state index < -0.39 is 0 Å². The molecule has 1 aliphatic heterocycles. The first-order valence-electron chi connectivity index (χ1n) is 7.23. The molecule has 106 valence electrons. The lowest BCUT2D eigenvalue weighted by Crippen LogP contribution is -2.44. The van der Waals surface area contributed by atoms with Gasteiger partial charge in [0.05, 0.1) is 17.7 Å². The van der Waals surface area contributed by atoms with Gasteiger partial charge in [-0.3, -0.25) is 14.5 Å². The SMILES string of the molecule is O=C1c2ccccc2C(=O)N1CC1(CO)CCCCC1. The van der Waals surface area contributed by atoms with E-state index in [4.69, 9.17) is 0 Å². The van der Waals surface area contributed by atoms with Gasteiger partial charge in [-0.15, -0.1) is 0 Å². The highest BCUT2D eigenvalue weighted by atomic mass is 16.3. The van der Waals surface area contributed by atoms with Crippen molar-refractivity contribution in [1.29, 1.82) is 0 Å². The molecule has 3 rings (SSSR count). The molecule has 2 amide bonds. The number of fused-ring (bicyclic) bond motifs is 1. The fourth-order valence-electron chi connectivity index (χ4n) is 3.39. The van der Waals surface area contributed by atoms with Crippen molar-refractivity contribution in [3.63, 3.8) is 0 Å². The highest BCUT2D eigenvalue weighted by Crippen LogP contribution is 2.38. The van der Waals surface area contributed by atoms with Crippen molar-refractivity contribution in [1.82, 2.24) is 4.90 Å². The Morgan fingerprint density at radius 1 is 1.00 bits per heavy atom. The number of rotatable bonds is 3. The molecule has 4 nitrogen and oxygen atoms in total. The summed E-state index contributed by atoms with van der Waals surface area (Å²) in [4.78, 5) is 26.1. The van der Waals surface area contributed by atoms with E-state index in [1.165, 1.54) is 11.3 Å². The average Bonchev–Trinajstić information content (AvgIpc) is 2.74. The van der Waals surface area contributed by atoms with Crippen LogP contribution in [0.5, 0.6) is 0 Å². The minimum Gasteiger partial charge on any atom is -0.396 e. The summed E-state index contributed by atoms with van der Waals surface area (Å²) in [6, 6.07) is 6.94. The molecule has 1 N–H and O–H groups in total. The van der Waals surface area contributed by atoms with Gasteiger partial charge in [-0.2, -0.15) is 0 Å². The maximum Gasteiger partial charge on any atom is 0.261 e. The zero-order valence-electron chi connectivity index (χ0n) is 11.5. The van der Waals surface area contributed by atoms with Crippen molar-refractivity contribution < 1.29 is 14.7 Å². The first kappa shape index (κ1) is 13.3. The molecule has 0 saturated heterocycles. The van der Waals surface area contributed by atoms with E-state index in [1.54, 1.807) is 24.3 Å². The number of nitrogens with zero attached hydrogens (tertiary/aromatic N) is 1. The Kier molecular flexibility index (Phi) is 3.34. The van der Waals surface area contributed by atoms with Gasteiger partial charge in [0.15, 0.2) is 0 Å². The normalized spacial score (nSPS) is 21.1. The molecule has 1 saturated carbocycles. The molecule has 1 heterocycles. The zero-order chi connectivity index (χ0) is 14.2. The molecule has 4 heteroatoms. The van der Waals surface area contributed by atoms with Crippen LogP contribution in [0, 0.1) is 5.41 Å². The Labute approximate surface area is 118 Å². The van der Waals surface area contributed by atoms with Crippen LogP contribution in [-0.2, 0) is 0 Å². The van der Waals surface area contributed by atoms with Crippen LogP contribution in [0.1, 0.15) is 52.8 Å². The lowest BCUT2D eigenvalue weighted by atomic mass is 9.74. The minimum atomic E-state index is -0.300. The van der Waals surface area contributed by atoms with Crippen LogP contribution in [0.4, 0.5) is 0 Å². The monoisotopic (exact) mass is 273 g/mol. The van der Waals surface area contributed by atoms with Gasteiger partial charge in [-0.1, -0.05) is 31.4 Å². The molecule has 0 aromatic heterocycles. The van der Waals surface area contributed by atoms with E-state index in [-0.39, 0.29) is 23.8 Å².